The normalized spacial score (nSPS) is 26.5. The third-order valence-corrected chi connectivity index (χ3v) is 3.11. The van der Waals surface area contributed by atoms with Crippen LogP contribution in [0.4, 0.5) is 8.78 Å². The predicted molar refractivity (Wildman–Crippen MR) is 50.9 cm³/mol. The zero-order valence-electron chi connectivity index (χ0n) is 7.55. The summed E-state index contributed by atoms with van der Waals surface area (Å²) in [5.41, 5.74) is -2.81. The summed E-state index contributed by atoms with van der Waals surface area (Å²) in [6, 6.07) is 0. The van der Waals surface area contributed by atoms with Gasteiger partial charge in [-0.15, -0.1) is 0 Å². The van der Waals surface area contributed by atoms with Gasteiger partial charge in [0.2, 0.25) is 0 Å². The molecule has 1 unspecified atom stereocenters. The van der Waals surface area contributed by atoms with E-state index in [0.717, 1.165) is 6.33 Å². The highest BCUT2D eigenvalue weighted by Gasteiger charge is 2.79. The lowest BCUT2D eigenvalue weighted by atomic mass is 9.98. The number of rotatable bonds is 2. The van der Waals surface area contributed by atoms with Crippen molar-refractivity contribution in [1.29, 1.82) is 0 Å². The molecule has 0 saturated heterocycles. The van der Waals surface area contributed by atoms with Gasteiger partial charge >= 0.3 is 5.97 Å². The number of halogens is 4. The Labute approximate surface area is 98.2 Å². The van der Waals surface area contributed by atoms with Crippen molar-refractivity contribution < 1.29 is 18.7 Å². The lowest BCUT2D eigenvalue weighted by Crippen LogP contribution is -2.28. The number of aromatic nitrogens is 2. The zero-order valence-corrected chi connectivity index (χ0v) is 9.06. The molecule has 4 nitrogen and oxygen atoms in total. The highest BCUT2D eigenvalue weighted by Crippen LogP contribution is 2.63. The van der Waals surface area contributed by atoms with E-state index in [1.165, 1.54) is 0 Å². The van der Waals surface area contributed by atoms with Crippen molar-refractivity contribution in [3.63, 3.8) is 0 Å². The van der Waals surface area contributed by atoms with Crippen LogP contribution in [0.3, 0.4) is 0 Å². The van der Waals surface area contributed by atoms with Crippen LogP contribution >= 0.6 is 23.2 Å². The average Bonchev–Trinajstić information content (AvgIpc) is 2.70. The molecule has 86 valence electrons. The Hall–Kier alpha value is -1.01. The second-order valence-electron chi connectivity index (χ2n) is 3.42. The van der Waals surface area contributed by atoms with Gasteiger partial charge in [0.25, 0.3) is 5.92 Å². The first-order chi connectivity index (χ1) is 7.33. The number of carboxylic acid groups (broad SMARTS) is 1. The second-order valence-corrected chi connectivity index (χ2v) is 4.14. The van der Waals surface area contributed by atoms with E-state index in [-0.39, 0.29) is 10.3 Å². The van der Waals surface area contributed by atoms with E-state index in [1.807, 2.05) is 0 Å². The molecule has 0 bridgehead atoms. The van der Waals surface area contributed by atoms with Crippen LogP contribution in [0.5, 0.6) is 0 Å². The van der Waals surface area contributed by atoms with Crippen molar-refractivity contribution in [2.24, 2.45) is 0 Å². The number of alkyl halides is 2. The van der Waals surface area contributed by atoms with Gasteiger partial charge in [0.05, 0.1) is 5.56 Å². The molecule has 0 amide bonds. The van der Waals surface area contributed by atoms with Crippen molar-refractivity contribution in [2.75, 3.05) is 0 Å². The molecule has 8 heteroatoms. The van der Waals surface area contributed by atoms with Crippen LogP contribution in [0.1, 0.15) is 12.0 Å². The van der Waals surface area contributed by atoms with Crippen LogP contribution in [0.25, 0.3) is 0 Å². The minimum absolute atomic E-state index is 0.362. The van der Waals surface area contributed by atoms with Gasteiger partial charge in [-0.05, 0) is 0 Å². The number of hydrogen-bond donors (Lipinski definition) is 1. The quantitative estimate of drug-likeness (QED) is 0.835. The molecule has 1 aromatic rings. The van der Waals surface area contributed by atoms with Gasteiger partial charge in [-0.25, -0.2) is 18.7 Å². The summed E-state index contributed by atoms with van der Waals surface area (Å²) in [6.07, 6.45) is 0.131. The minimum atomic E-state index is -3.38. The van der Waals surface area contributed by atoms with Crippen molar-refractivity contribution >= 4 is 29.2 Å². The van der Waals surface area contributed by atoms with Gasteiger partial charge < -0.3 is 5.11 Å². The van der Waals surface area contributed by atoms with E-state index in [1.54, 1.807) is 0 Å². The van der Waals surface area contributed by atoms with Gasteiger partial charge in [-0.2, -0.15) is 0 Å². The van der Waals surface area contributed by atoms with Crippen LogP contribution in [0, 0.1) is 0 Å². The molecular weight excluding hydrogens is 265 g/mol. The number of aliphatic carboxylic acids is 1. The van der Waals surface area contributed by atoms with Gasteiger partial charge in [-0.3, -0.25) is 4.79 Å². The molecule has 0 aromatic carbocycles. The molecule has 2 rings (SSSR count). The molecular formula is C8H4Cl2F2N2O2. The molecule has 1 fully saturated rings. The van der Waals surface area contributed by atoms with E-state index in [4.69, 9.17) is 28.3 Å². The summed E-state index contributed by atoms with van der Waals surface area (Å²) in [7, 11) is 0. The monoisotopic (exact) mass is 268 g/mol. The van der Waals surface area contributed by atoms with E-state index in [9.17, 15) is 13.6 Å². The molecule has 1 atom stereocenters. The average molecular weight is 269 g/mol. The summed E-state index contributed by atoms with van der Waals surface area (Å²) in [5.74, 6) is -5.06. The van der Waals surface area contributed by atoms with E-state index < -0.39 is 29.3 Å². The minimum Gasteiger partial charge on any atom is -0.480 e. The van der Waals surface area contributed by atoms with Gasteiger partial charge in [0.15, 0.2) is 5.41 Å². The highest BCUT2D eigenvalue weighted by atomic mass is 35.5. The fraction of sp³-hybridized carbons (Fsp3) is 0.375. The molecule has 0 aliphatic heterocycles. The predicted octanol–water partition coefficient (Wildman–Crippen LogP) is 2.14. The number of carbonyl (C=O) groups is 1. The first-order valence-electron chi connectivity index (χ1n) is 4.10. The van der Waals surface area contributed by atoms with Crippen molar-refractivity contribution in [2.45, 2.75) is 17.8 Å². The summed E-state index contributed by atoms with van der Waals surface area (Å²) >= 11 is 11.2. The van der Waals surface area contributed by atoms with Crippen LogP contribution in [-0.2, 0) is 10.2 Å². The smallest absolute Gasteiger partial charge is 0.320 e. The lowest BCUT2D eigenvalue weighted by Gasteiger charge is -2.13. The third kappa shape index (κ3) is 1.29. The fourth-order valence-electron chi connectivity index (χ4n) is 1.60. The molecule has 1 aliphatic rings. The first-order valence-corrected chi connectivity index (χ1v) is 4.86. The van der Waals surface area contributed by atoms with Gasteiger partial charge in [-0.1, -0.05) is 23.2 Å². The zero-order chi connectivity index (χ0) is 12.1. The number of carboxylic acids is 1. The molecule has 16 heavy (non-hydrogen) atoms. The molecule has 1 aliphatic carbocycles. The van der Waals surface area contributed by atoms with Gasteiger partial charge in [0.1, 0.15) is 16.6 Å². The highest BCUT2D eigenvalue weighted by molar-refractivity contribution is 6.35. The Morgan fingerprint density at radius 2 is 1.81 bits per heavy atom. The maximum atomic E-state index is 13.2. The standard InChI is InChI=1S/C8H4Cl2F2N2O2/c9-4-3(5(10)14-2-13-4)7(6(15)16)1-8(7,11)12/h2H,1H2,(H,15,16). The summed E-state index contributed by atoms with van der Waals surface area (Å²) in [6.45, 7) is 0. The van der Waals surface area contributed by atoms with Crippen molar-refractivity contribution in [3.8, 4) is 0 Å². The Balaban J connectivity index is 2.64. The lowest BCUT2D eigenvalue weighted by molar-refractivity contribution is -0.143. The van der Waals surface area contributed by atoms with E-state index in [0.29, 0.717) is 0 Å². The van der Waals surface area contributed by atoms with Gasteiger partial charge in [0, 0.05) is 6.42 Å². The number of hydrogen-bond acceptors (Lipinski definition) is 3. The second kappa shape index (κ2) is 3.24. The summed E-state index contributed by atoms with van der Waals surface area (Å²) in [4.78, 5) is 17.9. The molecule has 1 N–H and O–H groups in total. The SMILES string of the molecule is O=C(O)C1(c2c(Cl)ncnc2Cl)CC1(F)F. The maximum Gasteiger partial charge on any atom is 0.320 e. The molecule has 1 heterocycles. The summed E-state index contributed by atoms with van der Waals surface area (Å²) in [5, 5.41) is 8.17. The van der Waals surface area contributed by atoms with Crippen molar-refractivity contribution in [3.05, 3.63) is 22.2 Å². The third-order valence-electron chi connectivity index (χ3n) is 2.53. The van der Waals surface area contributed by atoms with Crippen LogP contribution in [0.15, 0.2) is 6.33 Å². The fourth-order valence-corrected chi connectivity index (χ4v) is 2.23. The molecule has 1 saturated carbocycles. The Morgan fingerprint density at radius 1 is 1.38 bits per heavy atom. The molecule has 1 aromatic heterocycles. The molecule has 0 spiro atoms. The van der Waals surface area contributed by atoms with E-state index in [2.05, 4.69) is 9.97 Å². The summed E-state index contributed by atoms with van der Waals surface area (Å²) < 4.78 is 26.4. The van der Waals surface area contributed by atoms with E-state index >= 15 is 0 Å². The Kier molecular flexibility index (Phi) is 2.32. The molecule has 0 radical (unpaired) electrons. The first kappa shape index (κ1) is 11.5. The number of nitrogens with zero attached hydrogens (tertiary/aromatic N) is 2. The largest absolute Gasteiger partial charge is 0.480 e. The Bertz CT molecular complexity index is 463. The van der Waals surface area contributed by atoms with Crippen LogP contribution < -0.4 is 0 Å². The maximum absolute atomic E-state index is 13.2. The van der Waals surface area contributed by atoms with Crippen molar-refractivity contribution in [1.82, 2.24) is 9.97 Å². The van der Waals surface area contributed by atoms with Crippen LogP contribution in [0.2, 0.25) is 10.3 Å². The Morgan fingerprint density at radius 3 is 2.12 bits per heavy atom. The van der Waals surface area contributed by atoms with Crippen LogP contribution in [-0.4, -0.2) is 27.0 Å². The topological polar surface area (TPSA) is 63.1 Å².